The second-order valence-electron chi connectivity index (χ2n) is 13.4. The van der Waals surface area contributed by atoms with E-state index in [2.05, 4.69) is 59.8 Å². The van der Waals surface area contributed by atoms with Crippen LogP contribution < -0.4 is 19.7 Å². The highest BCUT2D eigenvalue weighted by Gasteiger charge is 2.40. The van der Waals surface area contributed by atoms with E-state index >= 15 is 0 Å². The summed E-state index contributed by atoms with van der Waals surface area (Å²) in [4.78, 5) is 33.5. The number of benzene rings is 2. The first-order valence-corrected chi connectivity index (χ1v) is 18.1. The monoisotopic (exact) mass is 683 g/mol. The van der Waals surface area contributed by atoms with E-state index in [4.69, 9.17) is 19.7 Å². The fourth-order valence-electron chi connectivity index (χ4n) is 6.68. The molecule has 3 heterocycles. The molecule has 10 nitrogen and oxygen atoms in total. The van der Waals surface area contributed by atoms with E-state index in [1.54, 1.807) is 18.2 Å². The summed E-state index contributed by atoms with van der Waals surface area (Å²) in [5, 5.41) is 13.2. The largest absolute Gasteiger partial charge is 0.478 e. The molecule has 2 aromatic heterocycles. The Hall–Kier alpha value is -4.22. The van der Waals surface area contributed by atoms with Gasteiger partial charge in [-0.2, -0.15) is 4.98 Å². The molecule has 1 aliphatic carbocycles. The van der Waals surface area contributed by atoms with Gasteiger partial charge in [-0.05, 0) is 92.1 Å². The summed E-state index contributed by atoms with van der Waals surface area (Å²) in [6.45, 7) is 15.9. The Kier molecular flexibility index (Phi) is 12.1. The molecular formula is C38H49N7O3S. The van der Waals surface area contributed by atoms with E-state index < -0.39 is 5.97 Å². The van der Waals surface area contributed by atoms with E-state index in [-0.39, 0.29) is 11.6 Å². The van der Waals surface area contributed by atoms with E-state index in [0.717, 1.165) is 64.7 Å². The van der Waals surface area contributed by atoms with Gasteiger partial charge < -0.3 is 20.1 Å². The third-order valence-electron chi connectivity index (χ3n) is 9.04. The Labute approximate surface area is 294 Å². The first-order chi connectivity index (χ1) is 23.6. The molecule has 1 saturated heterocycles. The number of ether oxygens (including phenoxy) is 1. The number of aromatic nitrogens is 4. The molecule has 49 heavy (non-hydrogen) atoms. The van der Waals surface area contributed by atoms with Gasteiger partial charge >= 0.3 is 5.97 Å². The van der Waals surface area contributed by atoms with E-state index in [1.165, 1.54) is 24.8 Å². The molecule has 2 aromatic carbocycles. The lowest BCUT2D eigenvalue weighted by atomic mass is 9.62. The Morgan fingerprint density at radius 3 is 2.43 bits per heavy atom. The molecular weight excluding hydrogens is 635 g/mol. The molecule has 2 aliphatic rings. The van der Waals surface area contributed by atoms with Gasteiger partial charge in [0.05, 0.1) is 23.1 Å². The van der Waals surface area contributed by atoms with Crippen LogP contribution in [0, 0.1) is 25.2 Å². The molecule has 1 saturated carbocycles. The van der Waals surface area contributed by atoms with Crippen molar-refractivity contribution in [3.05, 3.63) is 83.3 Å². The van der Waals surface area contributed by atoms with Crippen LogP contribution in [0.1, 0.15) is 80.6 Å². The van der Waals surface area contributed by atoms with Gasteiger partial charge in [0.1, 0.15) is 12.4 Å². The average molecular weight is 684 g/mol. The fourth-order valence-corrected chi connectivity index (χ4v) is 7.32. The number of carbonyl (C=O) groups is 1. The van der Waals surface area contributed by atoms with Crippen molar-refractivity contribution in [2.75, 3.05) is 29.3 Å². The summed E-state index contributed by atoms with van der Waals surface area (Å²) in [5.74, 6) is 1.30. The third-order valence-corrected chi connectivity index (χ3v) is 9.81. The minimum absolute atomic E-state index is 0.100. The number of aryl methyl sites for hydroxylation is 2. The number of carboxylic acids is 1. The van der Waals surface area contributed by atoms with Gasteiger partial charge in [-0.1, -0.05) is 52.0 Å². The van der Waals surface area contributed by atoms with Crippen molar-refractivity contribution in [1.29, 1.82) is 0 Å². The molecule has 0 amide bonds. The molecule has 4 aromatic rings. The zero-order valence-electron chi connectivity index (χ0n) is 29.5. The molecule has 0 radical (unpaired) electrons. The number of nitrogens with one attached hydrogen (secondary N) is 2. The average Bonchev–Trinajstić information content (AvgIpc) is 3.63. The number of aromatic carboxylic acids is 1. The minimum atomic E-state index is -0.972. The van der Waals surface area contributed by atoms with Crippen LogP contribution in [0.5, 0.6) is 5.88 Å². The Morgan fingerprint density at radius 2 is 1.73 bits per heavy atom. The van der Waals surface area contributed by atoms with Crippen molar-refractivity contribution >= 4 is 29.7 Å². The minimum Gasteiger partial charge on any atom is -0.478 e. The highest BCUT2D eigenvalue weighted by molar-refractivity contribution is 8.00. The molecule has 260 valence electrons. The Morgan fingerprint density at radius 1 is 1.02 bits per heavy atom. The van der Waals surface area contributed by atoms with Crippen molar-refractivity contribution in [1.82, 2.24) is 25.3 Å². The maximum atomic E-state index is 11.5. The quantitative estimate of drug-likeness (QED) is 0.119. The van der Waals surface area contributed by atoms with Gasteiger partial charge in [0, 0.05) is 48.4 Å². The highest BCUT2D eigenvalue weighted by atomic mass is 32.2. The maximum absolute atomic E-state index is 11.5. The lowest BCUT2D eigenvalue weighted by Gasteiger charge is -2.46. The zero-order valence-corrected chi connectivity index (χ0v) is 30.3. The predicted molar refractivity (Wildman–Crippen MR) is 197 cm³/mol. The summed E-state index contributed by atoms with van der Waals surface area (Å²) >= 11 is 1.26. The summed E-state index contributed by atoms with van der Waals surface area (Å²) in [6.07, 6.45) is 8.33. The normalized spacial score (nSPS) is 15.9. The van der Waals surface area contributed by atoms with Crippen LogP contribution >= 0.6 is 11.9 Å². The molecule has 1 unspecified atom stereocenters. The Balaban J connectivity index is 0.00000230. The summed E-state index contributed by atoms with van der Waals surface area (Å²) in [5.41, 5.74) is 5.47. The number of hydrogen-bond acceptors (Lipinski definition) is 10. The van der Waals surface area contributed by atoms with Crippen LogP contribution in [0.3, 0.4) is 0 Å². The molecule has 6 rings (SSSR count). The lowest BCUT2D eigenvalue weighted by Crippen LogP contribution is -2.48. The molecule has 11 heteroatoms. The van der Waals surface area contributed by atoms with E-state index in [0.29, 0.717) is 36.3 Å². The summed E-state index contributed by atoms with van der Waals surface area (Å²) in [7, 11) is 0. The topological polar surface area (TPSA) is 125 Å². The van der Waals surface area contributed by atoms with E-state index in [9.17, 15) is 9.90 Å². The second-order valence-corrected chi connectivity index (χ2v) is 14.3. The van der Waals surface area contributed by atoms with Gasteiger partial charge in [0.25, 0.3) is 0 Å². The van der Waals surface area contributed by atoms with Gasteiger partial charge in [0.15, 0.2) is 0 Å². The van der Waals surface area contributed by atoms with Gasteiger partial charge in [-0.25, -0.2) is 14.8 Å². The number of rotatable bonds is 13. The van der Waals surface area contributed by atoms with Gasteiger partial charge in [0.2, 0.25) is 11.8 Å². The van der Waals surface area contributed by atoms with Crippen LogP contribution in [0.2, 0.25) is 0 Å². The smallest absolute Gasteiger partial charge is 0.335 e. The van der Waals surface area contributed by atoms with Crippen LogP contribution in [-0.4, -0.2) is 56.7 Å². The summed E-state index contributed by atoms with van der Waals surface area (Å²) in [6, 6.07) is 15.0. The molecule has 0 bridgehead atoms. The van der Waals surface area contributed by atoms with Crippen LogP contribution in [0.15, 0.2) is 65.8 Å². The van der Waals surface area contributed by atoms with Gasteiger partial charge in [-0.15, -0.1) is 0 Å². The number of anilines is 2. The SMILES string of the molecule is CC.Cc1cccc(C)c1-c1cc(OCC(NCc2cncc(N3CCCC3)n2)C2CC(C)(C)C2)nc(NSc2cccc(C(=O)O)c2)n1. The van der Waals surface area contributed by atoms with Crippen molar-refractivity contribution in [2.45, 2.75) is 84.7 Å². The van der Waals surface area contributed by atoms with Gasteiger partial charge in [-0.3, -0.25) is 9.71 Å². The second kappa shape index (κ2) is 16.5. The van der Waals surface area contributed by atoms with Crippen LogP contribution in [0.4, 0.5) is 11.8 Å². The van der Waals surface area contributed by atoms with Crippen molar-refractivity contribution < 1.29 is 14.6 Å². The maximum Gasteiger partial charge on any atom is 0.335 e. The number of hydrogen-bond donors (Lipinski definition) is 3. The molecule has 3 N–H and O–H groups in total. The van der Waals surface area contributed by atoms with Crippen molar-refractivity contribution in [3.63, 3.8) is 0 Å². The Bertz CT molecular complexity index is 1700. The van der Waals surface area contributed by atoms with E-state index in [1.807, 2.05) is 44.4 Å². The number of carboxylic acid groups (broad SMARTS) is 1. The molecule has 1 atom stereocenters. The fraction of sp³-hybridized carbons (Fsp3) is 0.447. The third kappa shape index (κ3) is 9.48. The first-order valence-electron chi connectivity index (χ1n) is 17.3. The standard InChI is InChI=1S/C36H43N7O3S.C2H6/c1-23-9-7-10-24(2)33(23)29-16-32(41-35(40-29)42-47-28-12-8-11-25(15-28)34(44)45)46-22-30(26-17-36(3,4)18-26)38-20-27-19-37-21-31(39-27)43-13-5-6-14-43;1-2/h7-12,15-16,19,21,26,30,38H,5-6,13-14,17-18,20,22H2,1-4H3,(H,44,45)(H,40,41,42);1-2H3. The van der Waals surface area contributed by atoms with Crippen molar-refractivity contribution in [2.24, 2.45) is 11.3 Å². The molecule has 2 fully saturated rings. The highest BCUT2D eigenvalue weighted by Crippen LogP contribution is 2.46. The zero-order chi connectivity index (χ0) is 35.0. The predicted octanol–water partition coefficient (Wildman–Crippen LogP) is 7.97. The lowest BCUT2D eigenvalue weighted by molar-refractivity contribution is 0.0460. The van der Waals surface area contributed by atoms with Crippen LogP contribution in [-0.2, 0) is 6.54 Å². The number of nitrogens with zero attached hydrogens (tertiary/aromatic N) is 5. The summed E-state index contributed by atoms with van der Waals surface area (Å²) < 4.78 is 9.71. The molecule has 1 aliphatic heterocycles. The van der Waals surface area contributed by atoms with Crippen molar-refractivity contribution in [3.8, 4) is 17.1 Å². The molecule has 0 spiro atoms. The van der Waals surface area contributed by atoms with Crippen LogP contribution in [0.25, 0.3) is 11.3 Å². The first kappa shape index (κ1) is 36.1.